The number of amides is 1. The molecule has 0 radical (unpaired) electrons. The maximum Gasteiger partial charge on any atom is 0.282 e. The second-order valence-corrected chi connectivity index (χ2v) is 7.35. The third-order valence-corrected chi connectivity index (χ3v) is 5.15. The van der Waals surface area contributed by atoms with Gasteiger partial charge in [-0.2, -0.15) is 10.1 Å². The number of primary amides is 1. The minimum Gasteiger partial charge on any atom is -0.368 e. The van der Waals surface area contributed by atoms with Gasteiger partial charge >= 0.3 is 0 Å². The van der Waals surface area contributed by atoms with E-state index >= 15 is 0 Å². The molecular formula is C17H13Cl2F2N5O2. The number of hydrogen-bond donors (Lipinski definition) is 1. The van der Waals surface area contributed by atoms with Crippen molar-refractivity contribution >= 4 is 29.1 Å². The van der Waals surface area contributed by atoms with E-state index in [0.29, 0.717) is 15.9 Å². The molecule has 28 heavy (non-hydrogen) atoms. The highest BCUT2D eigenvalue weighted by Gasteiger charge is 2.51. The highest BCUT2D eigenvalue weighted by atomic mass is 35.5. The van der Waals surface area contributed by atoms with Gasteiger partial charge in [-0.1, -0.05) is 34.4 Å². The SMILES string of the molecule is NC(=O)Cn1nc(C(F)F)cc1-c1nc(C2(c3ccc(Cl)cc3Cl)CC2)no1. The van der Waals surface area contributed by atoms with E-state index in [2.05, 4.69) is 15.2 Å². The number of benzene rings is 1. The van der Waals surface area contributed by atoms with Crippen LogP contribution in [0.1, 0.15) is 36.3 Å². The minimum atomic E-state index is -2.82. The number of halogens is 4. The predicted octanol–water partition coefficient (Wildman–Crippen LogP) is 3.74. The van der Waals surface area contributed by atoms with Gasteiger partial charge < -0.3 is 10.3 Å². The molecule has 1 aliphatic carbocycles. The summed E-state index contributed by atoms with van der Waals surface area (Å²) < 4.78 is 32.4. The molecule has 0 unspecified atom stereocenters. The molecule has 2 aromatic heterocycles. The molecule has 11 heteroatoms. The third kappa shape index (κ3) is 3.24. The Morgan fingerprint density at radius 2 is 2.07 bits per heavy atom. The summed E-state index contributed by atoms with van der Waals surface area (Å²) in [4.78, 5) is 15.6. The number of nitrogens with two attached hydrogens (primary N) is 1. The van der Waals surface area contributed by atoms with E-state index in [1.807, 2.05) is 0 Å². The first-order chi connectivity index (χ1) is 13.3. The average molecular weight is 428 g/mol. The van der Waals surface area contributed by atoms with Crippen LogP contribution in [0, 0.1) is 0 Å². The first-order valence-corrected chi connectivity index (χ1v) is 9.00. The van der Waals surface area contributed by atoms with Crippen LogP contribution in [-0.2, 0) is 16.8 Å². The smallest absolute Gasteiger partial charge is 0.282 e. The van der Waals surface area contributed by atoms with Crippen molar-refractivity contribution in [3.63, 3.8) is 0 Å². The van der Waals surface area contributed by atoms with Gasteiger partial charge in [0.2, 0.25) is 5.91 Å². The van der Waals surface area contributed by atoms with Crippen LogP contribution >= 0.6 is 23.2 Å². The zero-order valence-corrected chi connectivity index (χ0v) is 15.7. The van der Waals surface area contributed by atoms with Gasteiger partial charge in [-0.25, -0.2) is 13.5 Å². The molecule has 2 N–H and O–H groups in total. The van der Waals surface area contributed by atoms with Gasteiger partial charge in [0.1, 0.15) is 17.9 Å². The predicted molar refractivity (Wildman–Crippen MR) is 96.1 cm³/mol. The van der Waals surface area contributed by atoms with Crippen molar-refractivity contribution in [3.8, 4) is 11.6 Å². The quantitative estimate of drug-likeness (QED) is 0.645. The van der Waals surface area contributed by atoms with Crippen LogP contribution < -0.4 is 5.73 Å². The van der Waals surface area contributed by atoms with Crippen molar-refractivity contribution in [2.24, 2.45) is 5.73 Å². The number of carbonyl (C=O) groups excluding carboxylic acids is 1. The molecule has 3 aromatic rings. The monoisotopic (exact) mass is 427 g/mol. The van der Waals surface area contributed by atoms with Crippen molar-refractivity contribution in [3.05, 3.63) is 51.4 Å². The summed E-state index contributed by atoms with van der Waals surface area (Å²) >= 11 is 12.3. The fraction of sp³-hybridized carbons (Fsp3) is 0.294. The Morgan fingerprint density at radius 1 is 1.32 bits per heavy atom. The van der Waals surface area contributed by atoms with Crippen LogP contribution in [-0.4, -0.2) is 25.8 Å². The average Bonchev–Trinajstić information content (AvgIpc) is 3.07. The van der Waals surface area contributed by atoms with Crippen LogP contribution in [0.3, 0.4) is 0 Å². The highest BCUT2D eigenvalue weighted by molar-refractivity contribution is 6.35. The number of rotatable bonds is 6. The van der Waals surface area contributed by atoms with Gasteiger partial charge in [0.25, 0.3) is 12.3 Å². The number of hydrogen-bond acceptors (Lipinski definition) is 5. The van der Waals surface area contributed by atoms with Crippen molar-refractivity contribution in [2.75, 3.05) is 0 Å². The molecule has 4 rings (SSSR count). The molecule has 0 aliphatic heterocycles. The molecule has 1 aliphatic rings. The number of aromatic nitrogens is 4. The van der Waals surface area contributed by atoms with E-state index in [-0.39, 0.29) is 11.6 Å². The Bertz CT molecular complexity index is 1060. The maximum absolute atomic E-state index is 13.0. The Balaban J connectivity index is 1.73. The van der Waals surface area contributed by atoms with Crippen LogP contribution in [0.2, 0.25) is 10.0 Å². The van der Waals surface area contributed by atoms with Crippen molar-refractivity contribution < 1.29 is 18.1 Å². The van der Waals surface area contributed by atoms with Gasteiger partial charge in [-0.05, 0) is 36.6 Å². The Morgan fingerprint density at radius 3 is 2.68 bits per heavy atom. The molecule has 1 fully saturated rings. The topological polar surface area (TPSA) is 99.8 Å². The molecule has 0 saturated heterocycles. The standard InChI is InChI=1S/C17H13Cl2F2N5O2/c18-8-1-2-9(10(19)5-8)17(3-4-17)16-23-15(28-25-16)12-6-11(14(20)21)24-26(12)7-13(22)27/h1-2,5-6,14H,3-4,7H2,(H2,22,27). The maximum atomic E-state index is 13.0. The fourth-order valence-electron chi connectivity index (χ4n) is 3.12. The fourth-order valence-corrected chi connectivity index (χ4v) is 3.71. The van der Waals surface area contributed by atoms with Gasteiger partial charge in [-0.3, -0.25) is 4.79 Å². The molecule has 0 spiro atoms. The van der Waals surface area contributed by atoms with Crippen LogP contribution in [0.5, 0.6) is 0 Å². The van der Waals surface area contributed by atoms with Gasteiger partial charge in [-0.15, -0.1) is 0 Å². The Hall–Kier alpha value is -2.52. The number of alkyl halides is 2. The molecule has 1 aromatic carbocycles. The summed E-state index contributed by atoms with van der Waals surface area (Å²) in [6, 6.07) is 6.26. The summed E-state index contributed by atoms with van der Waals surface area (Å²) in [6.07, 6.45) is -1.33. The summed E-state index contributed by atoms with van der Waals surface area (Å²) in [5.41, 5.74) is 5.03. The van der Waals surface area contributed by atoms with Crippen LogP contribution in [0.25, 0.3) is 11.6 Å². The molecule has 146 valence electrons. The number of nitrogens with zero attached hydrogens (tertiary/aromatic N) is 4. The number of carbonyl (C=O) groups is 1. The summed E-state index contributed by atoms with van der Waals surface area (Å²) in [5.74, 6) is -0.402. The molecule has 7 nitrogen and oxygen atoms in total. The molecule has 0 atom stereocenters. The Kier molecular flexibility index (Phi) is 4.59. The third-order valence-electron chi connectivity index (χ3n) is 4.60. The van der Waals surface area contributed by atoms with Crippen molar-refractivity contribution in [1.82, 2.24) is 19.9 Å². The van der Waals surface area contributed by atoms with E-state index in [9.17, 15) is 13.6 Å². The lowest BCUT2D eigenvalue weighted by Crippen LogP contribution is -2.20. The largest absolute Gasteiger partial charge is 0.368 e. The molecule has 0 bridgehead atoms. The van der Waals surface area contributed by atoms with Gasteiger partial charge in [0, 0.05) is 10.0 Å². The zero-order valence-electron chi connectivity index (χ0n) is 14.2. The van der Waals surface area contributed by atoms with Gasteiger partial charge in [0.15, 0.2) is 5.82 Å². The van der Waals surface area contributed by atoms with Gasteiger partial charge in [0.05, 0.1) is 5.41 Å². The first kappa shape index (κ1) is 18.8. The lowest BCUT2D eigenvalue weighted by atomic mass is 9.95. The van der Waals surface area contributed by atoms with E-state index in [1.54, 1.807) is 18.2 Å². The van der Waals surface area contributed by atoms with Crippen LogP contribution in [0.15, 0.2) is 28.8 Å². The lowest BCUT2D eigenvalue weighted by molar-refractivity contribution is -0.118. The van der Waals surface area contributed by atoms with E-state index in [4.69, 9.17) is 33.5 Å². The second kappa shape index (κ2) is 6.82. The summed E-state index contributed by atoms with van der Waals surface area (Å²) in [5, 5.41) is 8.71. The molecule has 1 amide bonds. The normalized spacial score (nSPS) is 15.2. The van der Waals surface area contributed by atoms with E-state index in [1.165, 1.54) is 0 Å². The molecule has 2 heterocycles. The van der Waals surface area contributed by atoms with Crippen LogP contribution in [0.4, 0.5) is 8.78 Å². The van der Waals surface area contributed by atoms with Crippen molar-refractivity contribution in [1.29, 1.82) is 0 Å². The highest BCUT2D eigenvalue weighted by Crippen LogP contribution is 2.54. The lowest BCUT2D eigenvalue weighted by Gasteiger charge is -2.13. The second-order valence-electron chi connectivity index (χ2n) is 6.51. The molecular weight excluding hydrogens is 415 g/mol. The first-order valence-electron chi connectivity index (χ1n) is 8.24. The molecule has 1 saturated carbocycles. The van der Waals surface area contributed by atoms with E-state index in [0.717, 1.165) is 29.2 Å². The summed E-state index contributed by atoms with van der Waals surface area (Å²) in [6.45, 7) is -0.395. The minimum absolute atomic E-state index is 0.0352. The summed E-state index contributed by atoms with van der Waals surface area (Å²) in [7, 11) is 0. The van der Waals surface area contributed by atoms with E-state index < -0.39 is 30.0 Å². The Labute approximate surface area is 167 Å². The zero-order chi connectivity index (χ0) is 20.1. The van der Waals surface area contributed by atoms with Crippen molar-refractivity contribution in [2.45, 2.75) is 31.2 Å².